The van der Waals surface area contributed by atoms with E-state index in [1.807, 2.05) is 26.0 Å². The second kappa shape index (κ2) is 5.35. The van der Waals surface area contributed by atoms with E-state index in [0.717, 1.165) is 16.9 Å². The van der Waals surface area contributed by atoms with Crippen LogP contribution >= 0.6 is 0 Å². The molecule has 0 aliphatic rings. The highest BCUT2D eigenvalue weighted by Gasteiger charge is 2.10. The molecule has 0 radical (unpaired) electrons. The van der Waals surface area contributed by atoms with Crippen LogP contribution in [0.1, 0.15) is 18.1 Å². The largest absolute Gasteiger partial charge is 0.494 e. The molecule has 0 aliphatic heterocycles. The molecule has 0 atom stereocenters. The Kier molecular flexibility index (Phi) is 4.11. The molecule has 3 nitrogen and oxygen atoms in total. The number of rotatable bonds is 4. The Bertz CT molecular complexity index is 408. The number of carbonyl (C=O) groups is 1. The second-order valence-corrected chi connectivity index (χ2v) is 3.38. The molecule has 86 valence electrons. The fourth-order valence-electron chi connectivity index (χ4n) is 1.40. The fraction of sp³-hybridized carbons (Fsp3) is 0.308. The molecule has 0 saturated carbocycles. The minimum absolute atomic E-state index is 0.355. The third-order valence-corrected chi connectivity index (χ3v) is 2.26. The molecule has 0 spiro atoms. The highest BCUT2D eigenvalue weighted by atomic mass is 16.5. The van der Waals surface area contributed by atoms with Gasteiger partial charge in [0, 0.05) is 0 Å². The standard InChI is InChI=1S/C13H16O3/c1-5-16-12-7-6-11(8-9(12)2)10(3)13(14)15-4/h6-8H,3,5H2,1-2,4H3. The summed E-state index contributed by atoms with van der Waals surface area (Å²) in [5.41, 5.74) is 2.09. The van der Waals surface area contributed by atoms with E-state index in [1.54, 1.807) is 6.07 Å². The van der Waals surface area contributed by atoms with E-state index in [4.69, 9.17) is 4.74 Å². The first-order chi connectivity index (χ1) is 7.60. The van der Waals surface area contributed by atoms with Crippen LogP contribution in [0.2, 0.25) is 0 Å². The Balaban J connectivity index is 2.97. The first-order valence-corrected chi connectivity index (χ1v) is 5.11. The van der Waals surface area contributed by atoms with Gasteiger partial charge in [0.25, 0.3) is 0 Å². The van der Waals surface area contributed by atoms with E-state index >= 15 is 0 Å². The van der Waals surface area contributed by atoms with Crippen LogP contribution in [0.4, 0.5) is 0 Å². The lowest BCUT2D eigenvalue weighted by Gasteiger charge is -2.09. The quantitative estimate of drug-likeness (QED) is 0.578. The summed E-state index contributed by atoms with van der Waals surface area (Å²) in [5, 5.41) is 0. The summed E-state index contributed by atoms with van der Waals surface area (Å²) in [6.07, 6.45) is 0. The van der Waals surface area contributed by atoms with Crippen molar-refractivity contribution in [1.29, 1.82) is 0 Å². The molecule has 1 rings (SSSR count). The van der Waals surface area contributed by atoms with Crippen LogP contribution in [0.15, 0.2) is 24.8 Å². The molecule has 16 heavy (non-hydrogen) atoms. The molecule has 0 aliphatic carbocycles. The van der Waals surface area contributed by atoms with Crippen molar-refractivity contribution in [3.05, 3.63) is 35.9 Å². The van der Waals surface area contributed by atoms with Crippen LogP contribution in [0.5, 0.6) is 5.75 Å². The molecule has 0 unspecified atom stereocenters. The summed E-state index contributed by atoms with van der Waals surface area (Å²) in [6.45, 7) is 8.18. The van der Waals surface area contributed by atoms with Crippen LogP contribution in [0, 0.1) is 6.92 Å². The first-order valence-electron chi connectivity index (χ1n) is 5.11. The van der Waals surface area contributed by atoms with Crippen molar-refractivity contribution in [2.24, 2.45) is 0 Å². The Morgan fingerprint density at radius 1 is 1.44 bits per heavy atom. The Hall–Kier alpha value is -1.77. The Labute approximate surface area is 95.7 Å². The number of methoxy groups -OCH3 is 1. The molecule has 0 bridgehead atoms. The minimum atomic E-state index is -0.413. The molecule has 0 amide bonds. The number of benzene rings is 1. The number of ether oxygens (including phenoxy) is 2. The van der Waals surface area contributed by atoms with Crippen molar-refractivity contribution in [2.75, 3.05) is 13.7 Å². The molecule has 0 saturated heterocycles. The fourth-order valence-corrected chi connectivity index (χ4v) is 1.40. The van der Waals surface area contributed by atoms with E-state index in [2.05, 4.69) is 11.3 Å². The van der Waals surface area contributed by atoms with Gasteiger partial charge in [-0.25, -0.2) is 4.79 Å². The summed E-state index contributed by atoms with van der Waals surface area (Å²) >= 11 is 0. The highest BCUT2D eigenvalue weighted by Crippen LogP contribution is 2.23. The maximum absolute atomic E-state index is 11.3. The van der Waals surface area contributed by atoms with Gasteiger partial charge in [0.1, 0.15) is 5.75 Å². The Morgan fingerprint density at radius 3 is 2.62 bits per heavy atom. The van der Waals surface area contributed by atoms with Crippen LogP contribution in [0.3, 0.4) is 0 Å². The summed E-state index contributed by atoms with van der Waals surface area (Å²) in [7, 11) is 1.34. The molecule has 1 aromatic carbocycles. The van der Waals surface area contributed by atoms with Crippen molar-refractivity contribution < 1.29 is 14.3 Å². The summed E-state index contributed by atoms with van der Waals surface area (Å²) in [4.78, 5) is 11.3. The van der Waals surface area contributed by atoms with Gasteiger partial charge in [0.05, 0.1) is 19.3 Å². The van der Waals surface area contributed by atoms with E-state index < -0.39 is 5.97 Å². The molecule has 1 aromatic rings. The van der Waals surface area contributed by atoms with Crippen molar-refractivity contribution in [2.45, 2.75) is 13.8 Å². The predicted octanol–water partition coefficient (Wildman–Crippen LogP) is 2.58. The van der Waals surface area contributed by atoms with E-state index in [9.17, 15) is 4.79 Å². The maximum atomic E-state index is 11.3. The van der Waals surface area contributed by atoms with E-state index in [1.165, 1.54) is 7.11 Å². The van der Waals surface area contributed by atoms with Crippen LogP contribution < -0.4 is 4.74 Å². The van der Waals surface area contributed by atoms with Crippen LogP contribution in [0.25, 0.3) is 5.57 Å². The number of esters is 1. The minimum Gasteiger partial charge on any atom is -0.494 e. The van der Waals surface area contributed by atoms with Gasteiger partial charge in [0.15, 0.2) is 0 Å². The van der Waals surface area contributed by atoms with Gasteiger partial charge >= 0.3 is 5.97 Å². The monoisotopic (exact) mass is 220 g/mol. The number of hydrogen-bond donors (Lipinski definition) is 0. The molecule has 3 heteroatoms. The maximum Gasteiger partial charge on any atom is 0.337 e. The van der Waals surface area contributed by atoms with Gasteiger partial charge in [-0.2, -0.15) is 0 Å². The lowest BCUT2D eigenvalue weighted by Crippen LogP contribution is -2.03. The van der Waals surface area contributed by atoms with Crippen LogP contribution in [-0.2, 0) is 9.53 Å². The molecule has 0 heterocycles. The van der Waals surface area contributed by atoms with Crippen LogP contribution in [-0.4, -0.2) is 19.7 Å². The average molecular weight is 220 g/mol. The molecular formula is C13H16O3. The number of carbonyl (C=O) groups excluding carboxylic acids is 1. The van der Waals surface area contributed by atoms with E-state index in [0.29, 0.717) is 12.2 Å². The number of aryl methyl sites for hydroxylation is 1. The van der Waals surface area contributed by atoms with Crippen molar-refractivity contribution >= 4 is 11.5 Å². The van der Waals surface area contributed by atoms with Gasteiger partial charge in [-0.05, 0) is 37.1 Å². The van der Waals surface area contributed by atoms with Gasteiger partial charge < -0.3 is 9.47 Å². The zero-order chi connectivity index (χ0) is 12.1. The lowest BCUT2D eigenvalue weighted by atomic mass is 10.0. The zero-order valence-electron chi connectivity index (χ0n) is 9.87. The third kappa shape index (κ3) is 2.63. The predicted molar refractivity (Wildman–Crippen MR) is 63.4 cm³/mol. The summed E-state index contributed by atoms with van der Waals surface area (Å²) in [6, 6.07) is 5.50. The smallest absolute Gasteiger partial charge is 0.337 e. The van der Waals surface area contributed by atoms with Gasteiger partial charge in [-0.15, -0.1) is 0 Å². The third-order valence-electron chi connectivity index (χ3n) is 2.26. The first kappa shape index (κ1) is 12.3. The lowest BCUT2D eigenvalue weighted by molar-refractivity contribution is -0.133. The molecule has 0 aromatic heterocycles. The van der Waals surface area contributed by atoms with Crippen molar-refractivity contribution in [3.63, 3.8) is 0 Å². The highest BCUT2D eigenvalue weighted by molar-refractivity contribution is 6.15. The molecule has 0 N–H and O–H groups in total. The van der Waals surface area contributed by atoms with Crippen molar-refractivity contribution in [3.8, 4) is 5.75 Å². The topological polar surface area (TPSA) is 35.5 Å². The SMILES string of the molecule is C=C(C(=O)OC)c1ccc(OCC)c(C)c1. The molecule has 0 fully saturated rings. The zero-order valence-corrected chi connectivity index (χ0v) is 9.87. The Morgan fingerprint density at radius 2 is 2.12 bits per heavy atom. The number of hydrogen-bond acceptors (Lipinski definition) is 3. The molecular weight excluding hydrogens is 204 g/mol. The van der Waals surface area contributed by atoms with E-state index in [-0.39, 0.29) is 0 Å². The second-order valence-electron chi connectivity index (χ2n) is 3.38. The summed E-state index contributed by atoms with van der Waals surface area (Å²) < 4.78 is 10.0. The van der Waals surface area contributed by atoms with Gasteiger partial charge in [-0.3, -0.25) is 0 Å². The van der Waals surface area contributed by atoms with Gasteiger partial charge in [-0.1, -0.05) is 12.6 Å². The average Bonchev–Trinajstić information content (AvgIpc) is 2.30. The van der Waals surface area contributed by atoms with Gasteiger partial charge in [0.2, 0.25) is 0 Å². The normalized spacial score (nSPS) is 9.69. The van der Waals surface area contributed by atoms with Crippen molar-refractivity contribution in [1.82, 2.24) is 0 Å². The summed E-state index contributed by atoms with van der Waals surface area (Å²) in [5.74, 6) is 0.410.